The minimum absolute atomic E-state index is 0.176. The summed E-state index contributed by atoms with van der Waals surface area (Å²) in [5, 5.41) is 13.7. The summed E-state index contributed by atoms with van der Waals surface area (Å²) in [5.41, 5.74) is -1.38. The minimum Gasteiger partial charge on any atom is -0.453 e. The molecule has 0 bridgehead atoms. The van der Waals surface area contributed by atoms with Gasteiger partial charge in [0.1, 0.15) is 0 Å². The van der Waals surface area contributed by atoms with Gasteiger partial charge in [-0.1, -0.05) is 84.6 Å². The molecule has 160 valence electrons. The molecule has 1 amide bonds. The first kappa shape index (κ1) is 22.5. The number of rotatable bonds is 8. The van der Waals surface area contributed by atoms with E-state index in [9.17, 15) is 23.5 Å². The van der Waals surface area contributed by atoms with Crippen LogP contribution in [0.3, 0.4) is 0 Å². The van der Waals surface area contributed by atoms with Crippen molar-refractivity contribution in [2.45, 2.75) is 16.3 Å². The molecule has 0 aliphatic heterocycles. The van der Waals surface area contributed by atoms with Gasteiger partial charge in [0.25, 0.3) is 11.7 Å². The number of halogens is 2. The number of nitrogens with one attached hydrogen (secondary N) is 1. The fourth-order valence-electron chi connectivity index (χ4n) is 2.95. The van der Waals surface area contributed by atoms with Crippen molar-refractivity contribution in [1.82, 2.24) is 0 Å². The Kier molecular flexibility index (Phi) is 7.38. The molecule has 0 spiro atoms. The predicted octanol–water partition coefficient (Wildman–Crippen LogP) is 4.42. The Bertz CT molecular complexity index is 993. The molecule has 3 rings (SSSR count). The number of ether oxygens (including phenoxy) is 1. The van der Waals surface area contributed by atoms with Gasteiger partial charge in [0.15, 0.2) is 6.61 Å². The first-order chi connectivity index (χ1) is 14.9. The summed E-state index contributed by atoms with van der Waals surface area (Å²) in [4.78, 5) is 25.4. The average Bonchev–Trinajstić information content (AvgIpc) is 2.79. The third-order valence-corrected chi connectivity index (χ3v) is 5.18. The highest BCUT2D eigenvalue weighted by molar-refractivity contribution is 7.99. The molecular formula is C23H19F2NO4S. The van der Waals surface area contributed by atoms with Crippen molar-refractivity contribution >= 4 is 29.3 Å². The van der Waals surface area contributed by atoms with Gasteiger partial charge < -0.3 is 15.2 Å². The molecule has 0 aliphatic rings. The van der Waals surface area contributed by atoms with E-state index in [0.717, 1.165) is 0 Å². The topological polar surface area (TPSA) is 75.6 Å². The standard InChI is InChI=1S/C23H19F2NO4S/c24-22(25)31-19-14-8-7-13-18(19)26-20(27)15-30-21(28)23(29,16-9-3-1-4-10-16)17-11-5-2-6-12-17/h1-14,22,29H,15H2,(H,26,27). The third kappa shape index (κ3) is 5.48. The van der Waals surface area contributed by atoms with Gasteiger partial charge in [0.05, 0.1) is 5.69 Å². The van der Waals surface area contributed by atoms with Gasteiger partial charge >= 0.3 is 5.97 Å². The lowest BCUT2D eigenvalue weighted by molar-refractivity contribution is -0.163. The zero-order valence-electron chi connectivity index (χ0n) is 16.2. The SMILES string of the molecule is O=C(COC(=O)C(O)(c1ccccc1)c1ccccc1)Nc1ccccc1SC(F)F. The van der Waals surface area contributed by atoms with E-state index in [4.69, 9.17) is 4.74 Å². The Morgan fingerprint density at radius 3 is 1.97 bits per heavy atom. The number of para-hydroxylation sites is 1. The van der Waals surface area contributed by atoms with Crippen molar-refractivity contribution in [2.75, 3.05) is 11.9 Å². The Morgan fingerprint density at radius 2 is 1.42 bits per heavy atom. The fraction of sp³-hybridized carbons (Fsp3) is 0.130. The fourth-order valence-corrected chi connectivity index (χ4v) is 3.55. The van der Waals surface area contributed by atoms with Crippen molar-refractivity contribution in [2.24, 2.45) is 0 Å². The second kappa shape index (κ2) is 10.2. The molecule has 0 fully saturated rings. The molecule has 0 atom stereocenters. The van der Waals surface area contributed by atoms with Gasteiger partial charge in [-0.05, 0) is 23.3 Å². The normalized spacial score (nSPS) is 11.2. The van der Waals surface area contributed by atoms with Gasteiger partial charge in [0, 0.05) is 4.90 Å². The van der Waals surface area contributed by atoms with Gasteiger partial charge in [0.2, 0.25) is 5.60 Å². The van der Waals surface area contributed by atoms with Crippen LogP contribution in [0.1, 0.15) is 11.1 Å². The lowest BCUT2D eigenvalue weighted by Crippen LogP contribution is -2.39. The molecule has 5 nitrogen and oxygen atoms in total. The van der Waals surface area contributed by atoms with Crippen molar-refractivity contribution < 1.29 is 28.2 Å². The Balaban J connectivity index is 1.74. The molecule has 0 aliphatic carbocycles. The highest BCUT2D eigenvalue weighted by Gasteiger charge is 2.41. The molecule has 2 N–H and O–H groups in total. The number of carbonyl (C=O) groups excluding carboxylic acids is 2. The number of amides is 1. The molecule has 0 aromatic heterocycles. The maximum atomic E-state index is 12.9. The zero-order valence-corrected chi connectivity index (χ0v) is 17.0. The second-order valence-electron chi connectivity index (χ2n) is 6.44. The quantitative estimate of drug-likeness (QED) is 0.398. The van der Waals surface area contributed by atoms with Crippen LogP contribution in [-0.4, -0.2) is 29.3 Å². The minimum atomic E-state index is -2.65. The van der Waals surface area contributed by atoms with Crippen LogP contribution in [0.4, 0.5) is 14.5 Å². The van der Waals surface area contributed by atoms with E-state index in [-0.39, 0.29) is 21.7 Å². The van der Waals surface area contributed by atoms with Crippen molar-refractivity contribution in [3.05, 3.63) is 96.1 Å². The van der Waals surface area contributed by atoms with E-state index < -0.39 is 29.8 Å². The van der Waals surface area contributed by atoms with E-state index in [2.05, 4.69) is 5.32 Å². The van der Waals surface area contributed by atoms with Crippen molar-refractivity contribution in [3.8, 4) is 0 Å². The second-order valence-corrected chi connectivity index (χ2v) is 7.47. The van der Waals surface area contributed by atoms with Gasteiger partial charge in [-0.15, -0.1) is 0 Å². The Morgan fingerprint density at radius 1 is 0.903 bits per heavy atom. The predicted molar refractivity (Wildman–Crippen MR) is 114 cm³/mol. The highest BCUT2D eigenvalue weighted by Crippen LogP contribution is 2.32. The van der Waals surface area contributed by atoms with Crippen LogP contribution in [0.25, 0.3) is 0 Å². The van der Waals surface area contributed by atoms with Crippen LogP contribution in [0.5, 0.6) is 0 Å². The first-order valence-corrected chi connectivity index (χ1v) is 10.1. The summed E-state index contributed by atoms with van der Waals surface area (Å²) in [6.07, 6.45) is 0. The number of esters is 1. The molecule has 8 heteroatoms. The molecule has 3 aromatic carbocycles. The number of anilines is 1. The van der Waals surface area contributed by atoms with E-state index in [1.165, 1.54) is 12.1 Å². The molecular weight excluding hydrogens is 424 g/mol. The zero-order chi connectivity index (χ0) is 22.3. The molecule has 0 unspecified atom stereocenters. The van der Waals surface area contributed by atoms with Crippen LogP contribution in [0.15, 0.2) is 89.8 Å². The van der Waals surface area contributed by atoms with Crippen LogP contribution in [0, 0.1) is 0 Å². The third-order valence-electron chi connectivity index (χ3n) is 4.39. The first-order valence-electron chi connectivity index (χ1n) is 9.25. The lowest BCUT2D eigenvalue weighted by Gasteiger charge is -2.27. The molecule has 0 saturated heterocycles. The molecule has 31 heavy (non-hydrogen) atoms. The lowest BCUT2D eigenvalue weighted by atomic mass is 9.86. The van der Waals surface area contributed by atoms with Crippen LogP contribution < -0.4 is 5.32 Å². The van der Waals surface area contributed by atoms with Crippen LogP contribution in [0.2, 0.25) is 0 Å². The number of aliphatic hydroxyl groups is 1. The summed E-state index contributed by atoms with van der Waals surface area (Å²) in [5.74, 6) is -4.41. The van der Waals surface area contributed by atoms with Crippen molar-refractivity contribution in [3.63, 3.8) is 0 Å². The summed E-state index contributed by atoms with van der Waals surface area (Å²) >= 11 is 0.294. The van der Waals surface area contributed by atoms with E-state index in [1.807, 2.05) is 0 Å². The summed E-state index contributed by atoms with van der Waals surface area (Å²) in [6.45, 7) is -0.700. The summed E-state index contributed by atoms with van der Waals surface area (Å²) < 4.78 is 30.5. The smallest absolute Gasteiger partial charge is 0.348 e. The molecule has 0 heterocycles. The van der Waals surface area contributed by atoms with Crippen molar-refractivity contribution in [1.29, 1.82) is 0 Å². The van der Waals surface area contributed by atoms with Gasteiger partial charge in [-0.3, -0.25) is 4.79 Å². The maximum absolute atomic E-state index is 12.9. The largest absolute Gasteiger partial charge is 0.453 e. The van der Waals surface area contributed by atoms with Gasteiger partial charge in [-0.2, -0.15) is 8.78 Å². The van der Waals surface area contributed by atoms with E-state index >= 15 is 0 Å². The monoisotopic (exact) mass is 443 g/mol. The Hall–Kier alpha value is -3.23. The highest BCUT2D eigenvalue weighted by atomic mass is 32.2. The van der Waals surface area contributed by atoms with Crippen LogP contribution >= 0.6 is 11.8 Å². The number of alkyl halides is 2. The number of hydrogen-bond donors (Lipinski definition) is 2. The van der Waals surface area contributed by atoms with Crippen LogP contribution in [-0.2, 0) is 19.9 Å². The average molecular weight is 443 g/mol. The molecule has 3 aromatic rings. The Labute approximate surface area is 182 Å². The molecule has 0 saturated carbocycles. The van der Waals surface area contributed by atoms with E-state index in [1.54, 1.807) is 72.8 Å². The summed E-state index contributed by atoms with van der Waals surface area (Å²) in [7, 11) is 0. The number of benzene rings is 3. The number of thioether (sulfide) groups is 1. The summed E-state index contributed by atoms with van der Waals surface area (Å²) in [6, 6.07) is 22.5. The number of hydrogen-bond acceptors (Lipinski definition) is 5. The van der Waals surface area contributed by atoms with E-state index in [0.29, 0.717) is 11.8 Å². The number of carbonyl (C=O) groups is 2. The van der Waals surface area contributed by atoms with Gasteiger partial charge in [-0.25, -0.2) is 4.79 Å². The maximum Gasteiger partial charge on any atom is 0.348 e. The molecule has 0 radical (unpaired) electrons.